The van der Waals surface area contributed by atoms with Gasteiger partial charge in [-0.1, -0.05) is 43.5 Å². The van der Waals surface area contributed by atoms with Crippen molar-refractivity contribution in [3.8, 4) is 6.07 Å². The minimum Gasteiger partial charge on any atom is -0.362 e. The molecule has 1 saturated heterocycles. The first-order valence-electron chi connectivity index (χ1n) is 14.0. The Balaban J connectivity index is 1.28. The number of halogens is 1. The zero-order valence-electron chi connectivity index (χ0n) is 22.1. The summed E-state index contributed by atoms with van der Waals surface area (Å²) in [4.78, 5) is 14.5. The maximum absolute atomic E-state index is 16.0. The van der Waals surface area contributed by atoms with Gasteiger partial charge in [0.25, 0.3) is 0 Å². The van der Waals surface area contributed by atoms with Gasteiger partial charge in [0.05, 0.1) is 25.8 Å². The molecule has 0 bridgehead atoms. The van der Waals surface area contributed by atoms with Crippen molar-refractivity contribution in [2.24, 2.45) is 11.7 Å². The molecule has 1 aliphatic heterocycles. The standard InChI is InChI=1S/C29H39FN6O2/c30-26-18-35(16-21-6-8-23(9-7-21)22-4-2-1-3-5-22)15-13-29(26,12-14-31)36-17-25(19-38-20-32)27(34-36)33-28(37)24-10-11-24/h6-9,17,22,24,26H,1-5,10-13,15-16,18-20,32H2,(H,33,34,37). The highest BCUT2D eigenvalue weighted by Gasteiger charge is 2.46. The highest BCUT2D eigenvalue weighted by Crippen LogP contribution is 2.38. The van der Waals surface area contributed by atoms with Crippen LogP contribution in [0.15, 0.2) is 30.5 Å². The van der Waals surface area contributed by atoms with Crippen LogP contribution in [0.25, 0.3) is 0 Å². The topological polar surface area (TPSA) is 109 Å². The van der Waals surface area contributed by atoms with Crippen LogP contribution in [0.3, 0.4) is 0 Å². The number of benzene rings is 1. The van der Waals surface area contributed by atoms with Crippen molar-refractivity contribution in [3.63, 3.8) is 0 Å². The second kappa shape index (κ2) is 11.9. The minimum atomic E-state index is -1.30. The number of hydrogen-bond acceptors (Lipinski definition) is 6. The van der Waals surface area contributed by atoms with E-state index in [0.717, 1.165) is 12.8 Å². The van der Waals surface area contributed by atoms with Crippen LogP contribution < -0.4 is 11.1 Å². The van der Waals surface area contributed by atoms with Crippen LogP contribution in [0.5, 0.6) is 0 Å². The second-order valence-electron chi connectivity index (χ2n) is 11.2. The van der Waals surface area contributed by atoms with Gasteiger partial charge in [-0.3, -0.25) is 14.4 Å². The monoisotopic (exact) mass is 522 g/mol. The van der Waals surface area contributed by atoms with Gasteiger partial charge in [-0.15, -0.1) is 0 Å². The van der Waals surface area contributed by atoms with E-state index in [4.69, 9.17) is 10.5 Å². The first-order valence-corrected chi connectivity index (χ1v) is 14.0. The molecule has 2 atom stereocenters. The van der Waals surface area contributed by atoms with E-state index in [-0.39, 0.29) is 38.1 Å². The van der Waals surface area contributed by atoms with Gasteiger partial charge in [0.2, 0.25) is 5.91 Å². The van der Waals surface area contributed by atoms with Crippen molar-refractivity contribution in [3.05, 3.63) is 47.2 Å². The summed E-state index contributed by atoms with van der Waals surface area (Å²) in [5.74, 6) is 0.952. The first kappa shape index (κ1) is 26.8. The molecule has 1 aromatic heterocycles. The largest absolute Gasteiger partial charge is 0.362 e. The zero-order chi connectivity index (χ0) is 26.5. The van der Waals surface area contributed by atoms with Crippen molar-refractivity contribution in [1.29, 1.82) is 5.26 Å². The highest BCUT2D eigenvalue weighted by molar-refractivity contribution is 5.93. The average Bonchev–Trinajstić information content (AvgIpc) is 3.72. The molecule has 3 fully saturated rings. The molecule has 2 heterocycles. The van der Waals surface area contributed by atoms with E-state index in [1.165, 1.54) is 43.2 Å². The lowest BCUT2D eigenvalue weighted by atomic mass is 9.82. The molecule has 8 nitrogen and oxygen atoms in total. The number of amides is 1. The number of alkyl halides is 1. The Morgan fingerprint density at radius 3 is 2.63 bits per heavy atom. The number of rotatable bonds is 10. The lowest BCUT2D eigenvalue weighted by Crippen LogP contribution is -2.54. The van der Waals surface area contributed by atoms with Crippen LogP contribution in [0.4, 0.5) is 10.2 Å². The molecule has 1 aromatic carbocycles. The minimum absolute atomic E-state index is 0.00499. The number of nitriles is 1. The van der Waals surface area contributed by atoms with Crippen LogP contribution in [-0.2, 0) is 28.2 Å². The maximum atomic E-state index is 16.0. The predicted molar refractivity (Wildman–Crippen MR) is 143 cm³/mol. The lowest BCUT2D eigenvalue weighted by molar-refractivity contribution is -0.117. The number of aromatic nitrogens is 2. The van der Waals surface area contributed by atoms with E-state index in [9.17, 15) is 10.1 Å². The molecule has 204 valence electrons. The molecule has 2 unspecified atom stereocenters. The van der Waals surface area contributed by atoms with Gasteiger partial charge in [-0.25, -0.2) is 4.39 Å². The van der Waals surface area contributed by atoms with Crippen molar-refractivity contribution in [1.82, 2.24) is 14.7 Å². The number of likely N-dealkylation sites (tertiary alicyclic amines) is 1. The molecular weight excluding hydrogens is 483 g/mol. The number of nitrogens with zero attached hydrogens (tertiary/aromatic N) is 4. The normalized spacial score (nSPS) is 24.7. The van der Waals surface area contributed by atoms with Gasteiger partial charge in [-0.05, 0) is 49.1 Å². The smallest absolute Gasteiger partial charge is 0.228 e. The molecule has 2 aromatic rings. The van der Waals surface area contributed by atoms with Gasteiger partial charge >= 0.3 is 0 Å². The Labute approximate surface area is 224 Å². The third-order valence-corrected chi connectivity index (χ3v) is 8.52. The highest BCUT2D eigenvalue weighted by atomic mass is 19.1. The molecule has 9 heteroatoms. The van der Waals surface area contributed by atoms with Crippen molar-refractivity contribution >= 4 is 11.7 Å². The van der Waals surface area contributed by atoms with Crippen LogP contribution >= 0.6 is 0 Å². The summed E-state index contributed by atoms with van der Waals surface area (Å²) in [6.45, 7) is 1.70. The molecule has 1 amide bonds. The van der Waals surface area contributed by atoms with Crippen molar-refractivity contribution in [2.75, 3.05) is 25.1 Å². The Kier molecular flexibility index (Phi) is 8.42. The Hall–Kier alpha value is -2.80. The molecule has 0 spiro atoms. The second-order valence-corrected chi connectivity index (χ2v) is 11.2. The summed E-state index contributed by atoms with van der Waals surface area (Å²) >= 11 is 0. The zero-order valence-corrected chi connectivity index (χ0v) is 22.1. The van der Waals surface area contributed by atoms with E-state index >= 15 is 4.39 Å². The Bertz CT molecular complexity index is 1130. The van der Waals surface area contributed by atoms with E-state index in [2.05, 4.69) is 45.7 Å². The molecule has 3 N–H and O–H groups in total. The number of ether oxygens (including phenoxy) is 1. The molecule has 2 aliphatic carbocycles. The fourth-order valence-electron chi connectivity index (χ4n) is 5.99. The number of piperidine rings is 1. The number of hydrogen-bond donors (Lipinski definition) is 2. The third kappa shape index (κ3) is 5.93. The van der Waals surface area contributed by atoms with E-state index in [1.807, 2.05) is 0 Å². The van der Waals surface area contributed by atoms with Gasteiger partial charge in [0.1, 0.15) is 11.7 Å². The summed E-state index contributed by atoms with van der Waals surface area (Å²) in [6.07, 6.45) is 9.10. The summed E-state index contributed by atoms with van der Waals surface area (Å²) in [5.41, 5.74) is 7.64. The van der Waals surface area contributed by atoms with Gasteiger partial charge in [0, 0.05) is 37.3 Å². The van der Waals surface area contributed by atoms with Gasteiger partial charge in [-0.2, -0.15) is 10.4 Å². The summed E-state index contributed by atoms with van der Waals surface area (Å²) < 4.78 is 23.0. The quantitative estimate of drug-likeness (QED) is 0.443. The third-order valence-electron chi connectivity index (χ3n) is 8.52. The fourth-order valence-corrected chi connectivity index (χ4v) is 5.99. The SMILES string of the molecule is N#CCC1(n2cc(COCN)c(NC(=O)C3CC3)n2)CCN(Cc2ccc(C3CCCCC3)cc2)CC1F. The van der Waals surface area contributed by atoms with E-state index in [0.29, 0.717) is 36.8 Å². The molecule has 38 heavy (non-hydrogen) atoms. The number of carbonyl (C=O) groups excluding carboxylic acids is 1. The van der Waals surface area contributed by atoms with Crippen molar-refractivity contribution in [2.45, 2.75) is 88.6 Å². The average molecular weight is 523 g/mol. The first-order chi connectivity index (χ1) is 18.5. The van der Waals surface area contributed by atoms with Crippen LogP contribution in [0.1, 0.15) is 80.4 Å². The Morgan fingerprint density at radius 1 is 1.21 bits per heavy atom. The lowest BCUT2D eigenvalue weighted by Gasteiger charge is -2.43. The van der Waals surface area contributed by atoms with Crippen molar-refractivity contribution < 1.29 is 13.9 Å². The number of nitrogens with one attached hydrogen (secondary N) is 1. The molecule has 3 aliphatic rings. The van der Waals surface area contributed by atoms with Gasteiger partial charge < -0.3 is 15.8 Å². The fraction of sp³-hybridized carbons (Fsp3) is 0.621. The molecule has 2 saturated carbocycles. The molecular formula is C29H39FN6O2. The van der Waals surface area contributed by atoms with Crippen LogP contribution in [0, 0.1) is 17.2 Å². The van der Waals surface area contributed by atoms with Crippen LogP contribution in [-0.4, -0.2) is 46.6 Å². The molecule has 5 rings (SSSR count). The predicted octanol–water partition coefficient (Wildman–Crippen LogP) is 4.57. The number of nitrogens with two attached hydrogens (primary N) is 1. The summed E-state index contributed by atoms with van der Waals surface area (Å²) in [6, 6.07) is 11.0. The summed E-state index contributed by atoms with van der Waals surface area (Å²) in [7, 11) is 0. The maximum Gasteiger partial charge on any atom is 0.228 e. The summed E-state index contributed by atoms with van der Waals surface area (Å²) in [5, 5.41) is 17.1. The van der Waals surface area contributed by atoms with E-state index < -0.39 is 11.7 Å². The number of anilines is 1. The number of carbonyl (C=O) groups is 1. The molecule has 0 radical (unpaired) electrons. The van der Waals surface area contributed by atoms with Gasteiger partial charge in [0.15, 0.2) is 5.82 Å². The van der Waals surface area contributed by atoms with E-state index in [1.54, 1.807) is 10.9 Å². The Morgan fingerprint density at radius 2 is 1.97 bits per heavy atom. The van der Waals surface area contributed by atoms with Crippen LogP contribution in [0.2, 0.25) is 0 Å².